The van der Waals surface area contributed by atoms with Gasteiger partial charge in [-0.1, -0.05) is 37.3 Å². The summed E-state index contributed by atoms with van der Waals surface area (Å²) in [7, 11) is 1.52. The fraction of sp³-hybridized carbons (Fsp3) is 0.235. The number of rotatable bonds is 5. The molecule has 0 saturated heterocycles. The van der Waals surface area contributed by atoms with Crippen molar-refractivity contribution in [2.24, 2.45) is 0 Å². The number of allylic oxidation sites excluding steroid dienone is 5. The SMILES string of the molecule is CCC1=CC=C(NC(=O)Nc2ccccc2NOC)CC=C1. The van der Waals surface area contributed by atoms with Gasteiger partial charge in [0, 0.05) is 12.1 Å². The molecule has 1 aromatic carbocycles. The van der Waals surface area contributed by atoms with Gasteiger partial charge in [-0.05, 0) is 30.2 Å². The van der Waals surface area contributed by atoms with Gasteiger partial charge in [0.05, 0.1) is 18.5 Å². The minimum atomic E-state index is -0.279. The van der Waals surface area contributed by atoms with Crippen molar-refractivity contribution in [2.45, 2.75) is 19.8 Å². The summed E-state index contributed by atoms with van der Waals surface area (Å²) in [6.45, 7) is 2.11. The first-order chi connectivity index (χ1) is 10.7. The van der Waals surface area contributed by atoms with Crippen molar-refractivity contribution in [3.8, 4) is 0 Å². The van der Waals surface area contributed by atoms with Gasteiger partial charge in [-0.15, -0.1) is 0 Å². The molecule has 0 radical (unpaired) electrons. The topological polar surface area (TPSA) is 62.4 Å². The van der Waals surface area contributed by atoms with E-state index in [1.54, 1.807) is 6.07 Å². The highest BCUT2D eigenvalue weighted by atomic mass is 16.6. The second kappa shape index (κ2) is 8.05. The van der Waals surface area contributed by atoms with Crippen LogP contribution in [0.25, 0.3) is 0 Å². The molecule has 2 rings (SSSR count). The monoisotopic (exact) mass is 299 g/mol. The summed E-state index contributed by atoms with van der Waals surface area (Å²) in [5, 5.41) is 5.68. The van der Waals surface area contributed by atoms with E-state index in [4.69, 9.17) is 4.84 Å². The second-order valence-corrected chi connectivity index (χ2v) is 4.82. The number of hydrogen-bond acceptors (Lipinski definition) is 3. The summed E-state index contributed by atoms with van der Waals surface area (Å²) >= 11 is 0. The van der Waals surface area contributed by atoms with Crippen LogP contribution >= 0.6 is 0 Å². The van der Waals surface area contributed by atoms with Crippen molar-refractivity contribution in [1.29, 1.82) is 0 Å². The average Bonchev–Trinajstić information content (AvgIpc) is 2.74. The number of para-hydroxylation sites is 2. The molecule has 0 bridgehead atoms. The van der Waals surface area contributed by atoms with E-state index in [1.165, 1.54) is 12.7 Å². The van der Waals surface area contributed by atoms with Crippen molar-refractivity contribution in [2.75, 3.05) is 17.9 Å². The molecule has 0 unspecified atom stereocenters. The Labute approximate surface area is 130 Å². The number of carbonyl (C=O) groups is 1. The highest BCUT2D eigenvalue weighted by Gasteiger charge is 2.08. The van der Waals surface area contributed by atoms with Crippen LogP contribution in [0.1, 0.15) is 19.8 Å². The molecule has 0 aliphatic heterocycles. The lowest BCUT2D eigenvalue weighted by atomic mass is 10.2. The summed E-state index contributed by atoms with van der Waals surface area (Å²) in [5.41, 5.74) is 6.18. The van der Waals surface area contributed by atoms with Crippen molar-refractivity contribution >= 4 is 17.4 Å². The van der Waals surface area contributed by atoms with Crippen molar-refractivity contribution in [3.63, 3.8) is 0 Å². The Bertz CT molecular complexity index is 618. The Kier molecular flexibility index (Phi) is 5.80. The Morgan fingerprint density at radius 2 is 1.95 bits per heavy atom. The molecular formula is C17H21N3O2. The number of anilines is 2. The van der Waals surface area contributed by atoms with E-state index in [0.29, 0.717) is 17.8 Å². The Hall–Kier alpha value is -2.53. The fourth-order valence-corrected chi connectivity index (χ4v) is 2.09. The number of carbonyl (C=O) groups excluding carboxylic acids is 1. The predicted octanol–water partition coefficient (Wildman–Crippen LogP) is 3.96. The van der Waals surface area contributed by atoms with Gasteiger partial charge in [0.15, 0.2) is 0 Å². The number of urea groups is 1. The average molecular weight is 299 g/mol. The minimum Gasteiger partial charge on any atom is -0.311 e. The highest BCUT2D eigenvalue weighted by Crippen LogP contribution is 2.20. The van der Waals surface area contributed by atoms with Crippen LogP contribution in [-0.4, -0.2) is 13.1 Å². The summed E-state index contributed by atoms with van der Waals surface area (Å²) < 4.78 is 0. The van der Waals surface area contributed by atoms with Gasteiger partial charge in [0.25, 0.3) is 0 Å². The molecule has 0 fully saturated rings. The van der Waals surface area contributed by atoms with E-state index in [9.17, 15) is 4.79 Å². The zero-order valence-corrected chi connectivity index (χ0v) is 12.8. The molecule has 3 N–H and O–H groups in total. The van der Waals surface area contributed by atoms with E-state index in [1.807, 2.05) is 30.4 Å². The first kappa shape index (κ1) is 15.9. The van der Waals surface area contributed by atoms with Gasteiger partial charge in [-0.2, -0.15) is 0 Å². The van der Waals surface area contributed by atoms with Crippen LogP contribution in [-0.2, 0) is 4.84 Å². The van der Waals surface area contributed by atoms with Crippen LogP contribution in [0, 0.1) is 0 Å². The van der Waals surface area contributed by atoms with Crippen molar-refractivity contribution < 1.29 is 9.63 Å². The quantitative estimate of drug-likeness (QED) is 0.721. The molecule has 5 nitrogen and oxygen atoms in total. The van der Waals surface area contributed by atoms with Gasteiger partial charge in [-0.25, -0.2) is 4.79 Å². The van der Waals surface area contributed by atoms with Gasteiger partial charge in [-0.3, -0.25) is 10.3 Å². The molecule has 0 saturated carbocycles. The standard InChI is InChI=1S/C17H21N3O2/c1-3-13-7-6-8-14(12-11-13)18-17(21)19-15-9-4-5-10-16(15)20-22-2/h4-7,9-12,20H,3,8H2,1-2H3,(H2,18,19,21). The van der Waals surface area contributed by atoms with Crippen LogP contribution < -0.4 is 16.1 Å². The summed E-state index contributed by atoms with van der Waals surface area (Å²) in [6.07, 6.45) is 9.78. The van der Waals surface area contributed by atoms with Gasteiger partial charge >= 0.3 is 6.03 Å². The largest absolute Gasteiger partial charge is 0.323 e. The Balaban J connectivity index is 2.00. The van der Waals surface area contributed by atoms with Crippen molar-refractivity contribution in [1.82, 2.24) is 5.32 Å². The number of benzene rings is 1. The van der Waals surface area contributed by atoms with Gasteiger partial charge in [0.2, 0.25) is 0 Å². The smallest absolute Gasteiger partial charge is 0.311 e. The van der Waals surface area contributed by atoms with Gasteiger partial charge in [0.1, 0.15) is 0 Å². The maximum absolute atomic E-state index is 12.1. The minimum absolute atomic E-state index is 0.279. The highest BCUT2D eigenvalue weighted by molar-refractivity contribution is 5.93. The van der Waals surface area contributed by atoms with Crippen LogP contribution in [0.2, 0.25) is 0 Å². The summed E-state index contributed by atoms with van der Waals surface area (Å²) in [4.78, 5) is 17.0. The lowest BCUT2D eigenvalue weighted by Crippen LogP contribution is -2.28. The lowest BCUT2D eigenvalue weighted by Gasteiger charge is -2.13. The zero-order chi connectivity index (χ0) is 15.8. The Morgan fingerprint density at radius 1 is 1.18 bits per heavy atom. The molecule has 116 valence electrons. The van der Waals surface area contributed by atoms with E-state index in [2.05, 4.69) is 35.2 Å². The van der Waals surface area contributed by atoms with Crippen LogP contribution in [0.15, 0.2) is 59.8 Å². The Morgan fingerprint density at radius 3 is 2.68 bits per heavy atom. The van der Waals surface area contributed by atoms with Crippen LogP contribution in [0.4, 0.5) is 16.2 Å². The molecule has 22 heavy (non-hydrogen) atoms. The second-order valence-electron chi connectivity index (χ2n) is 4.82. The maximum Gasteiger partial charge on any atom is 0.323 e. The number of amides is 2. The van der Waals surface area contributed by atoms with E-state index >= 15 is 0 Å². The molecule has 2 amide bonds. The zero-order valence-electron chi connectivity index (χ0n) is 12.8. The normalized spacial score (nSPS) is 13.7. The molecule has 1 aliphatic carbocycles. The molecule has 0 aromatic heterocycles. The van der Waals surface area contributed by atoms with Gasteiger partial charge < -0.3 is 10.6 Å². The van der Waals surface area contributed by atoms with Crippen molar-refractivity contribution in [3.05, 3.63) is 59.8 Å². The predicted molar refractivity (Wildman–Crippen MR) is 89.4 cm³/mol. The first-order valence-corrected chi connectivity index (χ1v) is 7.25. The molecule has 1 aliphatic rings. The summed E-state index contributed by atoms with van der Waals surface area (Å²) in [6, 6.07) is 7.05. The van der Waals surface area contributed by atoms with Crippen LogP contribution in [0.3, 0.4) is 0 Å². The molecule has 0 heterocycles. The number of nitrogens with one attached hydrogen (secondary N) is 3. The third kappa shape index (κ3) is 4.49. The molecule has 0 atom stereocenters. The van der Waals surface area contributed by atoms with E-state index < -0.39 is 0 Å². The molecule has 1 aromatic rings. The van der Waals surface area contributed by atoms with E-state index in [0.717, 1.165) is 12.1 Å². The number of hydrogen-bond donors (Lipinski definition) is 3. The van der Waals surface area contributed by atoms with Crippen LogP contribution in [0.5, 0.6) is 0 Å². The first-order valence-electron chi connectivity index (χ1n) is 7.25. The molecule has 0 spiro atoms. The maximum atomic E-state index is 12.1. The lowest BCUT2D eigenvalue weighted by molar-refractivity contribution is 0.254. The summed E-state index contributed by atoms with van der Waals surface area (Å²) in [5.74, 6) is 0. The fourth-order valence-electron chi connectivity index (χ4n) is 2.09. The van der Waals surface area contributed by atoms with E-state index in [-0.39, 0.29) is 6.03 Å². The molecule has 5 heteroatoms. The molecular weight excluding hydrogens is 278 g/mol. The third-order valence-electron chi connectivity index (χ3n) is 3.24. The third-order valence-corrected chi connectivity index (χ3v) is 3.24.